The number of aryl methyl sites for hydroxylation is 1. The van der Waals surface area contributed by atoms with Crippen molar-refractivity contribution < 1.29 is 18.8 Å². The Kier molecular flexibility index (Phi) is 7.97. The van der Waals surface area contributed by atoms with Crippen LogP contribution in [-0.4, -0.2) is 67.8 Å². The van der Waals surface area contributed by atoms with Crippen LogP contribution in [0.3, 0.4) is 0 Å². The topological polar surface area (TPSA) is 94.9 Å². The number of rotatable bonds is 8. The molecule has 180 valence electrons. The number of anilines is 1. The molecule has 0 bridgehead atoms. The van der Waals surface area contributed by atoms with Crippen LogP contribution in [0.4, 0.5) is 5.00 Å². The van der Waals surface area contributed by atoms with Crippen molar-refractivity contribution in [1.82, 2.24) is 15.1 Å². The van der Waals surface area contributed by atoms with Crippen LogP contribution < -0.4 is 10.6 Å². The Morgan fingerprint density at radius 1 is 1.24 bits per heavy atom. The fourth-order valence-electron chi connectivity index (χ4n) is 4.21. The molecule has 3 amide bonds. The lowest BCUT2D eigenvalue weighted by atomic mass is 9.91. The van der Waals surface area contributed by atoms with E-state index in [1.807, 2.05) is 21.0 Å². The van der Waals surface area contributed by atoms with Gasteiger partial charge in [0.15, 0.2) is 5.76 Å². The molecular weight excluding hydrogens is 440 g/mol. The van der Waals surface area contributed by atoms with Crippen LogP contribution in [-0.2, 0) is 4.79 Å². The summed E-state index contributed by atoms with van der Waals surface area (Å²) in [7, 11) is 4.06. The minimum atomic E-state index is -0.346. The maximum atomic E-state index is 13.1. The summed E-state index contributed by atoms with van der Waals surface area (Å²) in [6.07, 6.45) is 2.74. The number of piperidine rings is 1. The summed E-state index contributed by atoms with van der Waals surface area (Å²) >= 11 is 1.26. The molecule has 0 aliphatic carbocycles. The van der Waals surface area contributed by atoms with Crippen molar-refractivity contribution in [2.75, 3.05) is 45.6 Å². The molecular formula is C24H34N4O4S. The number of hydrogen-bond acceptors (Lipinski definition) is 6. The first-order valence-electron chi connectivity index (χ1n) is 11.2. The van der Waals surface area contributed by atoms with Crippen LogP contribution in [0.5, 0.6) is 0 Å². The summed E-state index contributed by atoms with van der Waals surface area (Å²) in [5, 5.41) is 6.49. The van der Waals surface area contributed by atoms with Crippen molar-refractivity contribution in [1.29, 1.82) is 0 Å². The monoisotopic (exact) mass is 474 g/mol. The maximum absolute atomic E-state index is 13.1. The summed E-state index contributed by atoms with van der Waals surface area (Å²) in [5.41, 5.74) is 0.819. The van der Waals surface area contributed by atoms with Gasteiger partial charge in [-0.2, -0.15) is 0 Å². The van der Waals surface area contributed by atoms with E-state index >= 15 is 0 Å². The predicted octanol–water partition coefficient (Wildman–Crippen LogP) is 3.46. The number of nitrogens with one attached hydrogen (secondary N) is 2. The number of thiophene rings is 1. The molecule has 3 heterocycles. The zero-order valence-electron chi connectivity index (χ0n) is 20.1. The number of hydrogen-bond donors (Lipinski definition) is 2. The van der Waals surface area contributed by atoms with Gasteiger partial charge >= 0.3 is 0 Å². The lowest BCUT2D eigenvalue weighted by molar-refractivity contribution is -0.126. The van der Waals surface area contributed by atoms with E-state index in [1.54, 1.807) is 23.1 Å². The van der Waals surface area contributed by atoms with E-state index < -0.39 is 0 Å². The molecule has 9 heteroatoms. The molecule has 2 N–H and O–H groups in total. The van der Waals surface area contributed by atoms with Crippen LogP contribution in [0.2, 0.25) is 0 Å². The molecule has 0 aromatic carbocycles. The first-order chi connectivity index (χ1) is 15.6. The SMILES string of the molecule is Cc1cc(NC(=O)c2ccco2)sc1C(=O)N1CCC(C(=O)NCC(C)(C)CN(C)C)CC1. The van der Waals surface area contributed by atoms with Crippen LogP contribution in [0, 0.1) is 18.3 Å². The van der Waals surface area contributed by atoms with Gasteiger partial charge in [0, 0.05) is 32.1 Å². The Labute approximate surface area is 199 Å². The van der Waals surface area contributed by atoms with Crippen molar-refractivity contribution in [2.24, 2.45) is 11.3 Å². The molecule has 1 aliphatic heterocycles. The quantitative estimate of drug-likeness (QED) is 0.611. The Morgan fingerprint density at radius 2 is 1.94 bits per heavy atom. The van der Waals surface area contributed by atoms with Gasteiger partial charge in [-0.15, -0.1) is 11.3 Å². The molecule has 0 radical (unpaired) electrons. The Balaban J connectivity index is 1.51. The summed E-state index contributed by atoms with van der Waals surface area (Å²) in [6.45, 7) is 8.76. The molecule has 2 aromatic heterocycles. The van der Waals surface area contributed by atoms with E-state index in [9.17, 15) is 14.4 Å². The van der Waals surface area contributed by atoms with Gasteiger partial charge in [0.05, 0.1) is 16.1 Å². The molecule has 2 aromatic rings. The molecule has 0 unspecified atom stereocenters. The molecule has 0 spiro atoms. The average molecular weight is 475 g/mol. The number of nitrogens with zero attached hydrogens (tertiary/aromatic N) is 2. The zero-order valence-corrected chi connectivity index (χ0v) is 20.9. The van der Waals surface area contributed by atoms with Crippen molar-refractivity contribution in [3.8, 4) is 0 Å². The van der Waals surface area contributed by atoms with E-state index in [0.29, 0.717) is 42.4 Å². The first kappa shape index (κ1) is 25.0. The first-order valence-corrected chi connectivity index (χ1v) is 12.0. The molecule has 1 fully saturated rings. The van der Waals surface area contributed by atoms with Crippen LogP contribution >= 0.6 is 11.3 Å². The molecule has 1 saturated heterocycles. The van der Waals surface area contributed by atoms with Gasteiger partial charge in [-0.25, -0.2) is 0 Å². The number of carbonyl (C=O) groups excluding carboxylic acids is 3. The highest BCUT2D eigenvalue weighted by Gasteiger charge is 2.30. The van der Waals surface area contributed by atoms with Gasteiger partial charge in [-0.05, 0) is 63.0 Å². The van der Waals surface area contributed by atoms with E-state index in [2.05, 4.69) is 29.4 Å². The largest absolute Gasteiger partial charge is 0.459 e. The minimum absolute atomic E-state index is 0.00338. The molecule has 3 rings (SSSR count). The third-order valence-electron chi connectivity index (χ3n) is 5.73. The van der Waals surface area contributed by atoms with Crippen molar-refractivity contribution in [3.05, 3.63) is 40.7 Å². The second-order valence-electron chi connectivity index (χ2n) is 9.74. The predicted molar refractivity (Wildman–Crippen MR) is 130 cm³/mol. The Morgan fingerprint density at radius 3 is 2.55 bits per heavy atom. The zero-order chi connectivity index (χ0) is 24.2. The lowest BCUT2D eigenvalue weighted by Crippen LogP contribution is -2.46. The molecule has 33 heavy (non-hydrogen) atoms. The van der Waals surface area contributed by atoms with Crippen molar-refractivity contribution in [3.63, 3.8) is 0 Å². The standard InChI is InChI=1S/C24H34N4O4S/c1-16-13-19(26-22(30)18-7-6-12-32-18)33-20(16)23(31)28-10-8-17(9-11-28)21(29)25-14-24(2,3)15-27(4)5/h6-7,12-13,17H,8-11,14-15H2,1-5H3,(H,25,29)(H,26,30). The summed E-state index contributed by atoms with van der Waals surface area (Å²) in [5.74, 6) is -0.178. The molecule has 8 nitrogen and oxygen atoms in total. The van der Waals surface area contributed by atoms with E-state index in [0.717, 1.165) is 12.1 Å². The smallest absolute Gasteiger partial charge is 0.291 e. The van der Waals surface area contributed by atoms with E-state index in [1.165, 1.54) is 17.6 Å². The van der Waals surface area contributed by atoms with E-state index in [4.69, 9.17) is 4.42 Å². The normalized spacial score (nSPS) is 15.0. The van der Waals surface area contributed by atoms with Crippen molar-refractivity contribution in [2.45, 2.75) is 33.6 Å². The molecule has 0 saturated carbocycles. The Hall–Kier alpha value is -2.65. The van der Waals surface area contributed by atoms with Crippen LogP contribution in [0.15, 0.2) is 28.9 Å². The third kappa shape index (κ3) is 6.68. The summed E-state index contributed by atoms with van der Waals surface area (Å²) in [6, 6.07) is 5.04. The van der Waals surface area contributed by atoms with Gasteiger partial charge < -0.3 is 24.9 Å². The summed E-state index contributed by atoms with van der Waals surface area (Å²) < 4.78 is 5.11. The second kappa shape index (κ2) is 10.5. The average Bonchev–Trinajstić information content (AvgIpc) is 3.41. The summed E-state index contributed by atoms with van der Waals surface area (Å²) in [4.78, 5) is 42.5. The van der Waals surface area contributed by atoms with Gasteiger partial charge in [-0.1, -0.05) is 13.8 Å². The number of carbonyl (C=O) groups is 3. The van der Waals surface area contributed by atoms with Crippen LogP contribution in [0.1, 0.15) is 52.5 Å². The van der Waals surface area contributed by atoms with Crippen LogP contribution in [0.25, 0.3) is 0 Å². The number of likely N-dealkylation sites (tertiary alicyclic amines) is 1. The van der Waals surface area contributed by atoms with Gasteiger partial charge in [-0.3, -0.25) is 14.4 Å². The maximum Gasteiger partial charge on any atom is 0.291 e. The number of furan rings is 1. The van der Waals surface area contributed by atoms with Crippen molar-refractivity contribution >= 4 is 34.1 Å². The lowest BCUT2D eigenvalue weighted by Gasteiger charge is -2.33. The highest BCUT2D eigenvalue weighted by molar-refractivity contribution is 7.18. The number of amides is 3. The fraction of sp³-hybridized carbons (Fsp3) is 0.542. The highest BCUT2D eigenvalue weighted by Crippen LogP contribution is 2.30. The van der Waals surface area contributed by atoms with Gasteiger partial charge in [0.2, 0.25) is 5.91 Å². The fourth-order valence-corrected chi connectivity index (χ4v) is 5.24. The van der Waals surface area contributed by atoms with E-state index in [-0.39, 0.29) is 34.8 Å². The highest BCUT2D eigenvalue weighted by atomic mass is 32.1. The third-order valence-corrected chi connectivity index (χ3v) is 6.87. The van der Waals surface area contributed by atoms with Gasteiger partial charge in [0.25, 0.3) is 11.8 Å². The second-order valence-corrected chi connectivity index (χ2v) is 10.8. The molecule has 0 atom stereocenters. The molecule has 1 aliphatic rings. The minimum Gasteiger partial charge on any atom is -0.459 e. The van der Waals surface area contributed by atoms with Gasteiger partial charge in [0.1, 0.15) is 0 Å². The Bertz CT molecular complexity index is 973.